The van der Waals surface area contributed by atoms with Gasteiger partial charge in [0.25, 0.3) is 0 Å². The molecule has 3 rings (SSSR count). The van der Waals surface area contributed by atoms with Gasteiger partial charge in [-0.3, -0.25) is 14.4 Å². The standard InChI is InChI=1S/C23H29ClN2O5/c1-3-14-6-11-17-19(18(14)23(30)31-4-2)22(29)26(12-5-13-27)20(17)21(28)25-16-9-7-15(24)8-10-16/h6-11,14,17-20,27H,3-5,12-13H2,1-2H3,(H,25,28)/t14-,17+,18-,19+,20+/m1/s1. The molecule has 8 heteroatoms. The number of rotatable bonds is 8. The molecule has 0 unspecified atom stereocenters. The Morgan fingerprint density at radius 1 is 1.19 bits per heavy atom. The molecule has 2 N–H and O–H groups in total. The van der Waals surface area contributed by atoms with Gasteiger partial charge in [-0.1, -0.05) is 30.7 Å². The number of aliphatic hydroxyl groups excluding tert-OH is 1. The van der Waals surface area contributed by atoms with Crippen molar-refractivity contribution in [3.63, 3.8) is 0 Å². The van der Waals surface area contributed by atoms with Crippen LogP contribution in [0.25, 0.3) is 0 Å². The number of halogens is 1. The van der Waals surface area contributed by atoms with Crippen LogP contribution in [0.4, 0.5) is 5.69 Å². The number of hydrogen-bond acceptors (Lipinski definition) is 5. The number of likely N-dealkylation sites (tertiary alicyclic amines) is 1. The fourth-order valence-electron chi connectivity index (χ4n) is 4.68. The molecule has 168 valence electrons. The zero-order valence-electron chi connectivity index (χ0n) is 17.8. The molecule has 0 aromatic heterocycles. The number of carbonyl (C=O) groups excluding carboxylic acids is 3. The maximum Gasteiger partial charge on any atom is 0.310 e. The van der Waals surface area contributed by atoms with E-state index in [0.29, 0.717) is 23.6 Å². The molecule has 1 fully saturated rings. The summed E-state index contributed by atoms with van der Waals surface area (Å²) < 4.78 is 5.29. The number of esters is 1. The molecule has 1 aromatic rings. The molecule has 2 aliphatic rings. The summed E-state index contributed by atoms with van der Waals surface area (Å²) in [5.41, 5.74) is 0.570. The van der Waals surface area contributed by atoms with Gasteiger partial charge in [0.2, 0.25) is 11.8 Å². The molecule has 2 amide bonds. The number of benzene rings is 1. The number of carbonyl (C=O) groups is 3. The molecule has 31 heavy (non-hydrogen) atoms. The van der Waals surface area contributed by atoms with Crippen molar-refractivity contribution in [2.24, 2.45) is 23.7 Å². The van der Waals surface area contributed by atoms with Crippen molar-refractivity contribution in [2.75, 3.05) is 25.1 Å². The minimum Gasteiger partial charge on any atom is -0.466 e. The van der Waals surface area contributed by atoms with Crippen LogP contribution in [-0.2, 0) is 19.1 Å². The molecular weight excluding hydrogens is 420 g/mol. The van der Waals surface area contributed by atoms with Gasteiger partial charge in [0, 0.05) is 29.8 Å². The van der Waals surface area contributed by atoms with E-state index in [0.717, 1.165) is 0 Å². The van der Waals surface area contributed by atoms with Gasteiger partial charge >= 0.3 is 5.97 Å². The van der Waals surface area contributed by atoms with Gasteiger partial charge in [0.1, 0.15) is 6.04 Å². The number of anilines is 1. The van der Waals surface area contributed by atoms with E-state index < -0.39 is 29.8 Å². The fourth-order valence-corrected chi connectivity index (χ4v) is 4.80. The summed E-state index contributed by atoms with van der Waals surface area (Å²) >= 11 is 5.92. The Balaban J connectivity index is 1.94. The second-order valence-corrected chi connectivity index (χ2v) is 8.32. The molecule has 0 saturated carbocycles. The summed E-state index contributed by atoms with van der Waals surface area (Å²) in [4.78, 5) is 41.0. The molecule has 5 atom stereocenters. The number of nitrogens with one attached hydrogen (secondary N) is 1. The number of hydrogen-bond donors (Lipinski definition) is 2. The van der Waals surface area contributed by atoms with Crippen LogP contribution in [0.2, 0.25) is 5.02 Å². The van der Waals surface area contributed by atoms with E-state index >= 15 is 0 Å². The van der Waals surface area contributed by atoms with E-state index in [1.54, 1.807) is 31.2 Å². The van der Waals surface area contributed by atoms with Gasteiger partial charge in [-0.05, 0) is 49.9 Å². The lowest BCUT2D eigenvalue weighted by Crippen LogP contribution is -2.44. The quantitative estimate of drug-likeness (QED) is 0.471. The largest absolute Gasteiger partial charge is 0.466 e. The predicted molar refractivity (Wildman–Crippen MR) is 117 cm³/mol. The van der Waals surface area contributed by atoms with Crippen molar-refractivity contribution >= 4 is 35.1 Å². The molecule has 1 aliphatic carbocycles. The van der Waals surface area contributed by atoms with Crippen LogP contribution in [0.15, 0.2) is 36.4 Å². The molecule has 7 nitrogen and oxygen atoms in total. The van der Waals surface area contributed by atoms with Gasteiger partial charge in [-0.15, -0.1) is 0 Å². The van der Waals surface area contributed by atoms with Crippen LogP contribution in [0.5, 0.6) is 0 Å². The number of aliphatic hydroxyl groups is 1. The smallest absolute Gasteiger partial charge is 0.310 e. The van der Waals surface area contributed by atoms with Crippen molar-refractivity contribution in [3.05, 3.63) is 41.4 Å². The first-order valence-electron chi connectivity index (χ1n) is 10.8. The van der Waals surface area contributed by atoms with Gasteiger partial charge < -0.3 is 20.1 Å². The second kappa shape index (κ2) is 10.3. The van der Waals surface area contributed by atoms with Crippen LogP contribution < -0.4 is 5.32 Å². The summed E-state index contributed by atoms with van der Waals surface area (Å²) in [6, 6.07) is 5.96. The Bertz CT molecular complexity index is 841. The molecule has 0 bridgehead atoms. The number of ether oxygens (including phenoxy) is 1. The Labute approximate surface area is 187 Å². The minimum atomic E-state index is -0.772. The van der Waals surface area contributed by atoms with Crippen molar-refractivity contribution in [2.45, 2.75) is 32.7 Å². The van der Waals surface area contributed by atoms with Crippen LogP contribution >= 0.6 is 11.6 Å². The van der Waals surface area contributed by atoms with E-state index in [2.05, 4.69) is 5.32 Å². The number of fused-ring (bicyclic) bond motifs is 1. The highest BCUT2D eigenvalue weighted by atomic mass is 35.5. The van der Waals surface area contributed by atoms with Gasteiger partial charge in [0.05, 0.1) is 18.4 Å². The first kappa shape index (κ1) is 23.3. The summed E-state index contributed by atoms with van der Waals surface area (Å²) in [5.74, 6) is -2.83. The fraction of sp³-hybridized carbons (Fsp3) is 0.522. The van der Waals surface area contributed by atoms with E-state index in [1.165, 1.54) is 4.90 Å². The van der Waals surface area contributed by atoms with E-state index in [-0.39, 0.29) is 37.5 Å². The summed E-state index contributed by atoms with van der Waals surface area (Å²) in [7, 11) is 0. The number of allylic oxidation sites excluding steroid dienone is 1. The van der Waals surface area contributed by atoms with E-state index in [9.17, 15) is 19.5 Å². The lowest BCUT2D eigenvalue weighted by atomic mass is 9.69. The van der Waals surface area contributed by atoms with Crippen LogP contribution in [0.3, 0.4) is 0 Å². The molecule has 1 saturated heterocycles. The zero-order valence-corrected chi connectivity index (χ0v) is 18.5. The lowest BCUT2D eigenvalue weighted by molar-refractivity contribution is -0.155. The molecule has 0 spiro atoms. The highest BCUT2D eigenvalue weighted by molar-refractivity contribution is 6.30. The zero-order chi connectivity index (χ0) is 22.5. The van der Waals surface area contributed by atoms with Crippen LogP contribution in [0.1, 0.15) is 26.7 Å². The number of amides is 2. The maximum absolute atomic E-state index is 13.4. The molecular formula is C23H29ClN2O5. The molecule has 1 heterocycles. The average molecular weight is 449 g/mol. The Morgan fingerprint density at radius 3 is 2.52 bits per heavy atom. The normalized spacial score (nSPS) is 27.2. The number of nitrogens with zero attached hydrogens (tertiary/aromatic N) is 1. The maximum atomic E-state index is 13.4. The highest BCUT2D eigenvalue weighted by Crippen LogP contribution is 2.45. The van der Waals surface area contributed by atoms with Gasteiger partial charge in [-0.25, -0.2) is 0 Å². The van der Waals surface area contributed by atoms with Crippen molar-refractivity contribution in [1.29, 1.82) is 0 Å². The summed E-state index contributed by atoms with van der Waals surface area (Å²) in [5, 5.41) is 12.7. The third-order valence-electron chi connectivity index (χ3n) is 6.08. The molecule has 1 aliphatic heterocycles. The third-order valence-corrected chi connectivity index (χ3v) is 6.33. The van der Waals surface area contributed by atoms with Crippen LogP contribution in [0, 0.1) is 23.7 Å². The SMILES string of the molecule is CCOC(=O)[C@H]1[C@H]2C(=O)N(CCCO)[C@H](C(=O)Nc3ccc(Cl)cc3)[C@H]2C=C[C@H]1CC. The second-order valence-electron chi connectivity index (χ2n) is 7.89. The molecule has 0 radical (unpaired) electrons. The first-order chi connectivity index (χ1) is 14.9. The van der Waals surface area contributed by atoms with E-state index in [4.69, 9.17) is 16.3 Å². The monoisotopic (exact) mass is 448 g/mol. The third kappa shape index (κ3) is 4.77. The lowest BCUT2D eigenvalue weighted by Gasteiger charge is -2.33. The van der Waals surface area contributed by atoms with Crippen molar-refractivity contribution in [3.8, 4) is 0 Å². The van der Waals surface area contributed by atoms with Crippen molar-refractivity contribution < 1.29 is 24.2 Å². The van der Waals surface area contributed by atoms with Gasteiger partial charge in [-0.2, -0.15) is 0 Å². The average Bonchev–Trinajstić information content (AvgIpc) is 3.05. The Kier molecular flexibility index (Phi) is 7.73. The Hall–Kier alpha value is -2.38. The topological polar surface area (TPSA) is 95.9 Å². The minimum absolute atomic E-state index is 0.0979. The van der Waals surface area contributed by atoms with Crippen LogP contribution in [-0.4, -0.2) is 53.6 Å². The molecule has 1 aromatic carbocycles. The Morgan fingerprint density at radius 2 is 1.90 bits per heavy atom. The predicted octanol–water partition coefficient (Wildman–Crippen LogP) is 2.88. The van der Waals surface area contributed by atoms with E-state index in [1.807, 2.05) is 19.1 Å². The van der Waals surface area contributed by atoms with Gasteiger partial charge in [0.15, 0.2) is 0 Å². The van der Waals surface area contributed by atoms with Crippen molar-refractivity contribution in [1.82, 2.24) is 4.90 Å². The summed E-state index contributed by atoms with van der Waals surface area (Å²) in [6.07, 6.45) is 4.88. The first-order valence-corrected chi connectivity index (χ1v) is 11.1. The summed E-state index contributed by atoms with van der Waals surface area (Å²) in [6.45, 7) is 4.08. The highest BCUT2D eigenvalue weighted by Gasteiger charge is 2.57.